The molecule has 0 amide bonds. The lowest BCUT2D eigenvalue weighted by Crippen LogP contribution is -2.13. The van der Waals surface area contributed by atoms with Crippen molar-refractivity contribution in [3.05, 3.63) is 53.0 Å². The summed E-state index contributed by atoms with van der Waals surface area (Å²) in [5.74, 6) is -0.967. The van der Waals surface area contributed by atoms with Crippen LogP contribution in [0.25, 0.3) is 22.6 Å². The molecule has 0 aliphatic heterocycles. The number of aromatic amines is 1. The van der Waals surface area contributed by atoms with Gasteiger partial charge in [0.05, 0.1) is 12.5 Å². The van der Waals surface area contributed by atoms with Crippen LogP contribution in [0.3, 0.4) is 0 Å². The lowest BCUT2D eigenvalue weighted by Gasteiger charge is -2.07. The molecule has 106 valence electrons. The minimum Gasteiger partial charge on any atom is -0.493 e. The SMILES string of the molecule is Cn1cncc1-c1nc(O)c(-c2ccccc2F)c(=O)[nH]1. The van der Waals surface area contributed by atoms with Crippen LogP contribution in [-0.2, 0) is 7.05 Å². The van der Waals surface area contributed by atoms with Crippen molar-refractivity contribution < 1.29 is 9.50 Å². The van der Waals surface area contributed by atoms with Gasteiger partial charge in [0.1, 0.15) is 17.1 Å². The Kier molecular flexibility index (Phi) is 3.02. The molecule has 0 radical (unpaired) electrons. The van der Waals surface area contributed by atoms with Gasteiger partial charge in [0, 0.05) is 12.6 Å². The average molecular weight is 286 g/mol. The largest absolute Gasteiger partial charge is 0.493 e. The molecular formula is C14H11FN4O2. The highest BCUT2D eigenvalue weighted by molar-refractivity contribution is 5.69. The molecule has 2 heterocycles. The molecule has 0 spiro atoms. The van der Waals surface area contributed by atoms with Gasteiger partial charge < -0.3 is 14.7 Å². The summed E-state index contributed by atoms with van der Waals surface area (Å²) in [6, 6.07) is 5.70. The smallest absolute Gasteiger partial charge is 0.263 e. The second kappa shape index (κ2) is 4.86. The molecular weight excluding hydrogens is 275 g/mol. The molecule has 21 heavy (non-hydrogen) atoms. The van der Waals surface area contributed by atoms with E-state index in [1.807, 2.05) is 0 Å². The molecule has 3 rings (SSSR count). The summed E-state index contributed by atoms with van der Waals surface area (Å²) in [7, 11) is 1.73. The third-order valence-corrected chi connectivity index (χ3v) is 3.10. The third-order valence-electron chi connectivity index (χ3n) is 3.10. The number of imidazole rings is 1. The first-order valence-electron chi connectivity index (χ1n) is 6.13. The number of rotatable bonds is 2. The quantitative estimate of drug-likeness (QED) is 0.750. The molecule has 0 aliphatic rings. The zero-order valence-corrected chi connectivity index (χ0v) is 11.0. The van der Waals surface area contributed by atoms with Gasteiger partial charge in [0.15, 0.2) is 5.82 Å². The van der Waals surface area contributed by atoms with E-state index in [1.165, 1.54) is 30.7 Å². The second-order valence-electron chi connectivity index (χ2n) is 4.48. The van der Waals surface area contributed by atoms with E-state index in [1.54, 1.807) is 17.7 Å². The molecule has 0 aliphatic carbocycles. The first-order chi connectivity index (χ1) is 10.1. The molecule has 0 saturated carbocycles. The first kappa shape index (κ1) is 13.0. The van der Waals surface area contributed by atoms with Crippen LogP contribution in [0, 0.1) is 5.82 Å². The van der Waals surface area contributed by atoms with Gasteiger partial charge in [0.25, 0.3) is 5.56 Å². The highest BCUT2D eigenvalue weighted by Crippen LogP contribution is 2.27. The summed E-state index contributed by atoms with van der Waals surface area (Å²) in [6.07, 6.45) is 3.04. The minimum atomic E-state index is -0.621. The zero-order valence-electron chi connectivity index (χ0n) is 11.0. The Balaban J connectivity index is 2.21. The normalized spacial score (nSPS) is 10.8. The fourth-order valence-electron chi connectivity index (χ4n) is 2.07. The van der Waals surface area contributed by atoms with E-state index in [-0.39, 0.29) is 17.0 Å². The Hall–Kier alpha value is -2.96. The van der Waals surface area contributed by atoms with Gasteiger partial charge in [-0.25, -0.2) is 9.37 Å². The predicted octanol–water partition coefficient (Wildman–Crippen LogP) is 1.68. The van der Waals surface area contributed by atoms with Crippen LogP contribution >= 0.6 is 0 Å². The number of aromatic nitrogens is 4. The standard InChI is InChI=1S/C14H11FN4O2/c1-19-7-16-6-10(19)12-17-13(20)11(14(21)18-12)8-4-2-3-5-9(8)15/h2-7H,1H3,(H2,17,18,20,21). The molecule has 6 nitrogen and oxygen atoms in total. The van der Waals surface area contributed by atoms with Crippen molar-refractivity contribution in [2.24, 2.45) is 7.05 Å². The van der Waals surface area contributed by atoms with Gasteiger partial charge in [0.2, 0.25) is 5.88 Å². The van der Waals surface area contributed by atoms with Crippen molar-refractivity contribution >= 4 is 0 Å². The Morgan fingerprint density at radius 2 is 2.10 bits per heavy atom. The topological polar surface area (TPSA) is 83.8 Å². The van der Waals surface area contributed by atoms with E-state index < -0.39 is 17.3 Å². The number of hydrogen-bond acceptors (Lipinski definition) is 4. The van der Waals surface area contributed by atoms with Crippen LogP contribution in [0.1, 0.15) is 0 Å². The summed E-state index contributed by atoms with van der Waals surface area (Å²) in [4.78, 5) is 22.5. The van der Waals surface area contributed by atoms with E-state index in [2.05, 4.69) is 15.0 Å². The minimum absolute atomic E-state index is 0.000283. The fourth-order valence-corrected chi connectivity index (χ4v) is 2.07. The summed E-state index contributed by atoms with van der Waals surface area (Å²) in [5, 5.41) is 10.0. The van der Waals surface area contributed by atoms with Crippen molar-refractivity contribution in [2.75, 3.05) is 0 Å². The number of nitrogens with one attached hydrogen (secondary N) is 1. The van der Waals surface area contributed by atoms with Crippen molar-refractivity contribution in [1.29, 1.82) is 0 Å². The third kappa shape index (κ3) is 2.18. The van der Waals surface area contributed by atoms with Crippen molar-refractivity contribution in [3.63, 3.8) is 0 Å². The number of aryl methyl sites for hydroxylation is 1. The summed E-state index contributed by atoms with van der Waals surface area (Å²) in [5.41, 5.74) is -0.286. The van der Waals surface area contributed by atoms with Gasteiger partial charge in [-0.05, 0) is 6.07 Å². The van der Waals surface area contributed by atoms with Crippen LogP contribution in [0.4, 0.5) is 4.39 Å². The molecule has 0 bridgehead atoms. The number of hydrogen-bond donors (Lipinski definition) is 2. The lowest BCUT2D eigenvalue weighted by atomic mass is 10.1. The number of benzene rings is 1. The Morgan fingerprint density at radius 3 is 2.71 bits per heavy atom. The molecule has 0 fully saturated rings. The lowest BCUT2D eigenvalue weighted by molar-refractivity contribution is 0.453. The molecule has 7 heteroatoms. The number of H-pyrrole nitrogens is 1. The van der Waals surface area contributed by atoms with Crippen LogP contribution in [-0.4, -0.2) is 24.6 Å². The monoisotopic (exact) mass is 286 g/mol. The zero-order chi connectivity index (χ0) is 15.0. The molecule has 1 aromatic carbocycles. The van der Waals surface area contributed by atoms with Crippen LogP contribution in [0.15, 0.2) is 41.6 Å². The van der Waals surface area contributed by atoms with Gasteiger partial charge in [-0.3, -0.25) is 4.79 Å². The molecule has 0 saturated heterocycles. The molecule has 2 aromatic heterocycles. The fraction of sp³-hybridized carbons (Fsp3) is 0.0714. The number of nitrogens with zero attached hydrogens (tertiary/aromatic N) is 3. The van der Waals surface area contributed by atoms with Crippen molar-refractivity contribution in [3.8, 4) is 28.5 Å². The summed E-state index contributed by atoms with van der Waals surface area (Å²) < 4.78 is 15.4. The highest BCUT2D eigenvalue weighted by atomic mass is 19.1. The molecule has 2 N–H and O–H groups in total. The van der Waals surface area contributed by atoms with Crippen LogP contribution in [0.5, 0.6) is 5.88 Å². The maximum Gasteiger partial charge on any atom is 0.263 e. The molecule has 0 unspecified atom stereocenters. The van der Waals surface area contributed by atoms with Gasteiger partial charge in [-0.1, -0.05) is 18.2 Å². The summed E-state index contributed by atoms with van der Waals surface area (Å²) in [6.45, 7) is 0. The van der Waals surface area contributed by atoms with Gasteiger partial charge in [-0.2, -0.15) is 4.98 Å². The predicted molar refractivity (Wildman–Crippen MR) is 74.1 cm³/mol. The van der Waals surface area contributed by atoms with E-state index in [9.17, 15) is 14.3 Å². The van der Waals surface area contributed by atoms with Crippen molar-refractivity contribution in [2.45, 2.75) is 0 Å². The second-order valence-corrected chi connectivity index (χ2v) is 4.48. The van der Waals surface area contributed by atoms with Crippen molar-refractivity contribution in [1.82, 2.24) is 19.5 Å². The van der Waals surface area contributed by atoms with E-state index in [0.29, 0.717) is 5.69 Å². The van der Waals surface area contributed by atoms with Gasteiger partial charge in [-0.15, -0.1) is 0 Å². The number of aromatic hydroxyl groups is 1. The van der Waals surface area contributed by atoms with Gasteiger partial charge >= 0.3 is 0 Å². The molecule has 0 atom stereocenters. The van der Waals surface area contributed by atoms with E-state index in [0.717, 1.165) is 0 Å². The summed E-state index contributed by atoms with van der Waals surface area (Å²) >= 11 is 0. The van der Waals surface area contributed by atoms with E-state index in [4.69, 9.17) is 0 Å². The number of halogens is 1. The van der Waals surface area contributed by atoms with E-state index >= 15 is 0 Å². The highest BCUT2D eigenvalue weighted by Gasteiger charge is 2.17. The molecule has 3 aromatic rings. The first-order valence-corrected chi connectivity index (χ1v) is 6.13. The maximum atomic E-state index is 13.8. The average Bonchev–Trinajstić information content (AvgIpc) is 2.86. The Morgan fingerprint density at radius 1 is 1.33 bits per heavy atom. The Bertz CT molecular complexity index is 869. The maximum absolute atomic E-state index is 13.8. The van der Waals surface area contributed by atoms with Crippen LogP contribution < -0.4 is 5.56 Å². The Labute approximate surface area is 118 Å². The van der Waals surface area contributed by atoms with Crippen LogP contribution in [0.2, 0.25) is 0 Å².